The third-order valence-corrected chi connectivity index (χ3v) is 3.91. The van der Waals surface area contributed by atoms with Crippen molar-refractivity contribution in [3.63, 3.8) is 0 Å². The molecule has 0 unspecified atom stereocenters. The standard InChI is InChI=1S/C18H13ClF6N2O3/c1-9(15(28)26-14-4-2-13(19)3-5-14)30-27-16(29)10-6-11(17(20,21)22)8-12(7-10)18(23,24)25/h2-9H,1H3,(H,26,28)(H,27,29)/t9-/m0/s1. The molecule has 30 heavy (non-hydrogen) atoms. The molecule has 0 fully saturated rings. The quantitative estimate of drug-likeness (QED) is 0.490. The SMILES string of the molecule is C[C@H](ONC(=O)c1cc(C(F)(F)F)cc(C(F)(F)F)c1)C(=O)Nc1ccc(Cl)cc1. The summed E-state index contributed by atoms with van der Waals surface area (Å²) in [6.07, 6.45) is -11.5. The van der Waals surface area contributed by atoms with Crippen LogP contribution in [-0.4, -0.2) is 17.9 Å². The first kappa shape index (κ1) is 23.5. The molecule has 2 aromatic carbocycles. The lowest BCUT2D eigenvalue weighted by Gasteiger charge is -2.16. The molecule has 5 nitrogen and oxygen atoms in total. The van der Waals surface area contributed by atoms with Gasteiger partial charge in [-0.05, 0) is 49.4 Å². The van der Waals surface area contributed by atoms with E-state index >= 15 is 0 Å². The predicted molar refractivity (Wildman–Crippen MR) is 94.5 cm³/mol. The molecule has 0 aliphatic rings. The second-order valence-corrected chi connectivity index (χ2v) is 6.42. The normalized spacial score (nSPS) is 12.9. The predicted octanol–water partition coefficient (Wildman–Crippen LogP) is 5.07. The zero-order valence-corrected chi connectivity index (χ0v) is 15.7. The molecule has 0 saturated carbocycles. The minimum absolute atomic E-state index is 0.111. The average Bonchev–Trinajstić information content (AvgIpc) is 2.65. The molecule has 2 amide bonds. The number of halogens is 7. The van der Waals surface area contributed by atoms with Gasteiger partial charge < -0.3 is 5.32 Å². The second kappa shape index (κ2) is 8.92. The molecule has 0 aromatic heterocycles. The van der Waals surface area contributed by atoms with Crippen LogP contribution in [0.5, 0.6) is 0 Å². The Morgan fingerprint density at radius 1 is 0.933 bits per heavy atom. The number of carbonyl (C=O) groups excluding carboxylic acids is 2. The molecule has 2 aromatic rings. The fourth-order valence-electron chi connectivity index (χ4n) is 2.12. The van der Waals surface area contributed by atoms with Gasteiger partial charge in [-0.2, -0.15) is 26.3 Å². The Labute approximate surface area is 170 Å². The highest BCUT2D eigenvalue weighted by atomic mass is 35.5. The fraction of sp³-hybridized carbons (Fsp3) is 0.222. The van der Waals surface area contributed by atoms with Crippen LogP contribution in [0.15, 0.2) is 42.5 Å². The van der Waals surface area contributed by atoms with Gasteiger partial charge in [0.2, 0.25) is 0 Å². The number of alkyl halides is 6. The Balaban J connectivity index is 2.09. The van der Waals surface area contributed by atoms with Crippen LogP contribution in [0.4, 0.5) is 32.0 Å². The first-order valence-corrected chi connectivity index (χ1v) is 8.47. The topological polar surface area (TPSA) is 67.4 Å². The van der Waals surface area contributed by atoms with Crippen molar-refractivity contribution in [3.8, 4) is 0 Å². The summed E-state index contributed by atoms with van der Waals surface area (Å²) in [5, 5.41) is 2.84. The molecular weight excluding hydrogens is 442 g/mol. The van der Waals surface area contributed by atoms with Crippen LogP contribution >= 0.6 is 11.6 Å². The van der Waals surface area contributed by atoms with Crippen molar-refractivity contribution < 1.29 is 40.8 Å². The number of hydrogen-bond acceptors (Lipinski definition) is 3. The number of rotatable bonds is 5. The molecular formula is C18H13ClF6N2O3. The second-order valence-electron chi connectivity index (χ2n) is 5.98. The smallest absolute Gasteiger partial charge is 0.324 e. The van der Waals surface area contributed by atoms with Crippen molar-refractivity contribution in [2.24, 2.45) is 0 Å². The summed E-state index contributed by atoms with van der Waals surface area (Å²) in [5.41, 5.74) is -2.23. The Kier molecular flexibility index (Phi) is 6.99. The molecule has 0 radical (unpaired) electrons. The van der Waals surface area contributed by atoms with Crippen LogP contribution in [0.3, 0.4) is 0 Å². The van der Waals surface area contributed by atoms with Gasteiger partial charge in [-0.1, -0.05) is 11.6 Å². The van der Waals surface area contributed by atoms with Gasteiger partial charge in [0.25, 0.3) is 11.8 Å². The van der Waals surface area contributed by atoms with Crippen LogP contribution in [0.1, 0.15) is 28.4 Å². The molecule has 0 saturated heterocycles. The molecule has 0 aliphatic heterocycles. The van der Waals surface area contributed by atoms with Crippen LogP contribution in [-0.2, 0) is 22.0 Å². The molecule has 0 bridgehead atoms. The molecule has 1 atom stereocenters. The summed E-state index contributed by atoms with van der Waals surface area (Å²) < 4.78 is 77.2. The van der Waals surface area contributed by atoms with E-state index in [4.69, 9.17) is 16.4 Å². The Bertz CT molecular complexity index is 897. The van der Waals surface area contributed by atoms with E-state index in [1.807, 2.05) is 0 Å². The van der Waals surface area contributed by atoms with Crippen LogP contribution in [0.2, 0.25) is 5.02 Å². The van der Waals surface area contributed by atoms with E-state index in [2.05, 4.69) is 5.32 Å². The van der Waals surface area contributed by atoms with E-state index in [1.165, 1.54) is 31.2 Å². The average molecular weight is 455 g/mol. The van der Waals surface area contributed by atoms with Gasteiger partial charge >= 0.3 is 12.4 Å². The van der Waals surface area contributed by atoms with Gasteiger partial charge in [0.05, 0.1) is 11.1 Å². The number of anilines is 1. The summed E-state index contributed by atoms with van der Waals surface area (Å²) in [6, 6.07) is 6.32. The van der Waals surface area contributed by atoms with Crippen molar-refractivity contribution in [3.05, 3.63) is 64.2 Å². The van der Waals surface area contributed by atoms with E-state index in [1.54, 1.807) is 5.48 Å². The maximum atomic E-state index is 12.9. The fourth-order valence-corrected chi connectivity index (χ4v) is 2.24. The zero-order chi connectivity index (χ0) is 22.7. The van der Waals surface area contributed by atoms with Gasteiger partial charge in [0, 0.05) is 16.3 Å². The summed E-state index contributed by atoms with van der Waals surface area (Å²) >= 11 is 5.71. The number of benzene rings is 2. The molecule has 2 N–H and O–H groups in total. The van der Waals surface area contributed by atoms with Crippen molar-refractivity contribution in [2.45, 2.75) is 25.4 Å². The Morgan fingerprint density at radius 3 is 1.90 bits per heavy atom. The minimum atomic E-state index is -5.11. The Morgan fingerprint density at radius 2 is 1.43 bits per heavy atom. The first-order chi connectivity index (χ1) is 13.8. The lowest BCUT2D eigenvalue weighted by molar-refractivity contribution is -0.143. The van der Waals surface area contributed by atoms with Crippen molar-refractivity contribution in [2.75, 3.05) is 5.32 Å². The number of hydroxylamine groups is 1. The monoisotopic (exact) mass is 454 g/mol. The zero-order valence-electron chi connectivity index (χ0n) is 15.0. The van der Waals surface area contributed by atoms with Gasteiger partial charge in [0.15, 0.2) is 6.10 Å². The van der Waals surface area contributed by atoms with E-state index in [9.17, 15) is 35.9 Å². The highest BCUT2D eigenvalue weighted by molar-refractivity contribution is 6.30. The van der Waals surface area contributed by atoms with Crippen molar-refractivity contribution >= 4 is 29.1 Å². The van der Waals surface area contributed by atoms with Crippen LogP contribution < -0.4 is 10.8 Å². The number of nitrogens with one attached hydrogen (secondary N) is 2. The van der Waals surface area contributed by atoms with Crippen LogP contribution in [0, 0.1) is 0 Å². The highest BCUT2D eigenvalue weighted by Crippen LogP contribution is 2.36. The third-order valence-electron chi connectivity index (χ3n) is 3.66. The lowest BCUT2D eigenvalue weighted by Crippen LogP contribution is -2.35. The van der Waals surface area contributed by atoms with Crippen LogP contribution in [0.25, 0.3) is 0 Å². The maximum Gasteiger partial charge on any atom is 0.416 e. The van der Waals surface area contributed by atoms with E-state index < -0.39 is 47.0 Å². The van der Waals surface area contributed by atoms with E-state index in [0.717, 1.165) is 0 Å². The first-order valence-electron chi connectivity index (χ1n) is 8.09. The van der Waals surface area contributed by atoms with Gasteiger partial charge in [0.1, 0.15) is 0 Å². The van der Waals surface area contributed by atoms with Gasteiger partial charge in [-0.25, -0.2) is 5.48 Å². The number of carbonyl (C=O) groups is 2. The molecule has 0 aliphatic carbocycles. The summed E-state index contributed by atoms with van der Waals surface area (Å²) in [4.78, 5) is 28.8. The Hall–Kier alpha value is -2.79. The van der Waals surface area contributed by atoms with Crippen molar-refractivity contribution in [1.29, 1.82) is 0 Å². The van der Waals surface area contributed by atoms with E-state index in [-0.39, 0.29) is 18.2 Å². The van der Waals surface area contributed by atoms with E-state index in [0.29, 0.717) is 10.7 Å². The largest absolute Gasteiger partial charge is 0.416 e. The van der Waals surface area contributed by atoms with Gasteiger partial charge in [-0.3, -0.25) is 14.4 Å². The lowest BCUT2D eigenvalue weighted by atomic mass is 10.0. The summed E-state index contributed by atoms with van der Waals surface area (Å²) in [5.74, 6) is -2.13. The maximum absolute atomic E-state index is 12.9. The number of amides is 2. The molecule has 162 valence electrons. The van der Waals surface area contributed by atoms with Crippen molar-refractivity contribution in [1.82, 2.24) is 5.48 Å². The minimum Gasteiger partial charge on any atom is -0.324 e. The summed E-state index contributed by atoms with van der Waals surface area (Å²) in [6.45, 7) is 1.21. The third kappa shape index (κ3) is 6.36. The molecule has 0 spiro atoms. The molecule has 2 rings (SSSR count). The summed E-state index contributed by atoms with van der Waals surface area (Å²) in [7, 11) is 0. The highest BCUT2D eigenvalue weighted by Gasteiger charge is 2.37. The molecule has 0 heterocycles. The number of hydrogen-bond donors (Lipinski definition) is 2. The molecule has 12 heteroatoms. The van der Waals surface area contributed by atoms with Gasteiger partial charge in [-0.15, -0.1) is 0 Å².